The SMILES string of the molecule is COCC(=O)N1CCC(c2cc(=O)cc(C)[nH]2)CC1. The van der Waals surface area contributed by atoms with E-state index in [2.05, 4.69) is 4.98 Å². The molecule has 104 valence electrons. The zero-order chi connectivity index (χ0) is 13.8. The molecule has 5 heteroatoms. The van der Waals surface area contributed by atoms with Crippen LogP contribution in [0.3, 0.4) is 0 Å². The van der Waals surface area contributed by atoms with Crippen LogP contribution in [-0.4, -0.2) is 42.6 Å². The highest BCUT2D eigenvalue weighted by atomic mass is 16.5. The first-order valence-corrected chi connectivity index (χ1v) is 6.57. The van der Waals surface area contributed by atoms with Gasteiger partial charge in [-0.15, -0.1) is 0 Å². The van der Waals surface area contributed by atoms with Gasteiger partial charge in [-0.1, -0.05) is 0 Å². The Hall–Kier alpha value is -1.62. The fraction of sp³-hybridized carbons (Fsp3) is 0.571. The Bertz CT molecular complexity index is 502. The Morgan fingerprint density at radius 3 is 2.68 bits per heavy atom. The number of carbonyl (C=O) groups excluding carboxylic acids is 1. The molecule has 1 saturated heterocycles. The van der Waals surface area contributed by atoms with Crippen LogP contribution in [-0.2, 0) is 9.53 Å². The van der Waals surface area contributed by atoms with Crippen molar-refractivity contribution in [1.82, 2.24) is 9.88 Å². The van der Waals surface area contributed by atoms with Gasteiger partial charge in [-0.05, 0) is 19.8 Å². The van der Waals surface area contributed by atoms with Gasteiger partial charge in [0.15, 0.2) is 5.43 Å². The molecule has 0 atom stereocenters. The van der Waals surface area contributed by atoms with Gasteiger partial charge in [0.25, 0.3) is 0 Å². The summed E-state index contributed by atoms with van der Waals surface area (Å²) < 4.78 is 4.86. The molecule has 1 aromatic heterocycles. The summed E-state index contributed by atoms with van der Waals surface area (Å²) in [5.74, 6) is 0.373. The molecule has 0 unspecified atom stereocenters. The van der Waals surface area contributed by atoms with Crippen molar-refractivity contribution in [3.05, 3.63) is 33.7 Å². The number of aryl methyl sites for hydroxylation is 1. The monoisotopic (exact) mass is 264 g/mol. The number of carbonyl (C=O) groups is 1. The second kappa shape index (κ2) is 6.02. The van der Waals surface area contributed by atoms with E-state index in [0.717, 1.165) is 37.3 Å². The lowest BCUT2D eigenvalue weighted by Gasteiger charge is -2.32. The second-order valence-corrected chi connectivity index (χ2v) is 5.04. The fourth-order valence-corrected chi connectivity index (χ4v) is 2.58. The van der Waals surface area contributed by atoms with Crippen LogP contribution in [0.1, 0.15) is 30.1 Å². The molecule has 1 aliphatic heterocycles. The van der Waals surface area contributed by atoms with Crippen LogP contribution in [0, 0.1) is 6.92 Å². The van der Waals surface area contributed by atoms with Crippen molar-refractivity contribution < 1.29 is 9.53 Å². The van der Waals surface area contributed by atoms with Gasteiger partial charge in [-0.3, -0.25) is 9.59 Å². The van der Waals surface area contributed by atoms with Crippen LogP contribution in [0.15, 0.2) is 16.9 Å². The molecule has 19 heavy (non-hydrogen) atoms. The number of likely N-dealkylation sites (tertiary alicyclic amines) is 1. The number of hydrogen-bond donors (Lipinski definition) is 1. The predicted octanol–water partition coefficient (Wildman–Crippen LogP) is 1.04. The molecule has 0 saturated carbocycles. The quantitative estimate of drug-likeness (QED) is 0.887. The van der Waals surface area contributed by atoms with E-state index in [1.807, 2.05) is 11.8 Å². The van der Waals surface area contributed by atoms with Crippen LogP contribution < -0.4 is 5.43 Å². The van der Waals surface area contributed by atoms with Gasteiger partial charge in [-0.2, -0.15) is 0 Å². The van der Waals surface area contributed by atoms with Crippen LogP contribution in [0.4, 0.5) is 0 Å². The summed E-state index contributed by atoms with van der Waals surface area (Å²) in [5, 5.41) is 0. The third-order valence-electron chi connectivity index (χ3n) is 3.55. The number of nitrogens with zero attached hydrogens (tertiary/aromatic N) is 1. The lowest BCUT2D eigenvalue weighted by atomic mass is 9.93. The van der Waals surface area contributed by atoms with Crippen LogP contribution in [0.2, 0.25) is 0 Å². The van der Waals surface area contributed by atoms with Crippen molar-refractivity contribution in [2.45, 2.75) is 25.7 Å². The lowest BCUT2D eigenvalue weighted by Crippen LogP contribution is -2.40. The van der Waals surface area contributed by atoms with E-state index >= 15 is 0 Å². The molecular weight excluding hydrogens is 244 g/mol. The number of piperidine rings is 1. The molecular formula is C14H20N2O3. The van der Waals surface area contributed by atoms with Crippen LogP contribution >= 0.6 is 0 Å². The first-order chi connectivity index (χ1) is 9.10. The van der Waals surface area contributed by atoms with Crippen LogP contribution in [0.5, 0.6) is 0 Å². The number of rotatable bonds is 3. The maximum Gasteiger partial charge on any atom is 0.248 e. The number of ether oxygens (including phenoxy) is 1. The molecule has 0 bridgehead atoms. The van der Waals surface area contributed by atoms with Crippen LogP contribution in [0.25, 0.3) is 0 Å². The molecule has 5 nitrogen and oxygen atoms in total. The smallest absolute Gasteiger partial charge is 0.248 e. The van der Waals surface area contributed by atoms with Crippen molar-refractivity contribution in [2.75, 3.05) is 26.8 Å². The normalized spacial score (nSPS) is 16.6. The number of nitrogens with one attached hydrogen (secondary N) is 1. The van der Waals surface area contributed by atoms with Crippen molar-refractivity contribution >= 4 is 5.91 Å². The second-order valence-electron chi connectivity index (χ2n) is 5.04. The topological polar surface area (TPSA) is 62.4 Å². The van der Waals surface area contributed by atoms with E-state index in [4.69, 9.17) is 4.74 Å². The molecule has 2 rings (SSSR count). The molecule has 0 aliphatic carbocycles. The van der Waals surface area contributed by atoms with E-state index in [0.29, 0.717) is 5.92 Å². The first-order valence-electron chi connectivity index (χ1n) is 6.57. The number of aromatic amines is 1. The van der Waals surface area contributed by atoms with E-state index < -0.39 is 0 Å². The minimum absolute atomic E-state index is 0.0404. The Balaban J connectivity index is 1.99. The number of pyridine rings is 1. The summed E-state index contributed by atoms with van der Waals surface area (Å²) >= 11 is 0. The summed E-state index contributed by atoms with van der Waals surface area (Å²) in [6.07, 6.45) is 1.77. The minimum Gasteiger partial charge on any atom is -0.375 e. The molecule has 1 N–H and O–H groups in total. The molecule has 1 aromatic rings. The van der Waals surface area contributed by atoms with E-state index in [-0.39, 0.29) is 17.9 Å². The summed E-state index contributed by atoms with van der Waals surface area (Å²) in [7, 11) is 1.53. The zero-order valence-corrected chi connectivity index (χ0v) is 11.4. The highest BCUT2D eigenvalue weighted by molar-refractivity contribution is 5.77. The number of aromatic nitrogens is 1. The Morgan fingerprint density at radius 1 is 1.42 bits per heavy atom. The van der Waals surface area contributed by atoms with Crippen molar-refractivity contribution in [3.8, 4) is 0 Å². The number of hydrogen-bond acceptors (Lipinski definition) is 3. The van der Waals surface area contributed by atoms with E-state index in [9.17, 15) is 9.59 Å². The van der Waals surface area contributed by atoms with Gasteiger partial charge in [0, 0.05) is 49.6 Å². The summed E-state index contributed by atoms with van der Waals surface area (Å²) in [6, 6.07) is 3.27. The van der Waals surface area contributed by atoms with Gasteiger partial charge < -0.3 is 14.6 Å². The number of methoxy groups -OCH3 is 1. The number of H-pyrrole nitrogens is 1. The molecule has 1 aliphatic rings. The average molecular weight is 264 g/mol. The standard InChI is InChI=1S/C14H20N2O3/c1-10-7-12(17)8-13(15-10)11-3-5-16(6-4-11)14(18)9-19-2/h7-8,11H,3-6,9H2,1-2H3,(H,15,17). The fourth-order valence-electron chi connectivity index (χ4n) is 2.58. The lowest BCUT2D eigenvalue weighted by molar-refractivity contribution is -0.136. The summed E-state index contributed by atoms with van der Waals surface area (Å²) in [5.41, 5.74) is 1.92. The average Bonchev–Trinajstić information content (AvgIpc) is 2.38. The Kier molecular flexibility index (Phi) is 4.37. The third kappa shape index (κ3) is 3.44. The largest absolute Gasteiger partial charge is 0.375 e. The maximum atomic E-state index is 11.7. The molecule has 0 aromatic carbocycles. The Morgan fingerprint density at radius 2 is 2.11 bits per heavy atom. The number of amides is 1. The Labute approximate surface area is 112 Å². The first kappa shape index (κ1) is 13.8. The highest BCUT2D eigenvalue weighted by Gasteiger charge is 2.24. The molecule has 1 fully saturated rings. The summed E-state index contributed by atoms with van der Waals surface area (Å²) in [6.45, 7) is 3.49. The molecule has 1 amide bonds. The minimum atomic E-state index is 0.0404. The molecule has 0 spiro atoms. The maximum absolute atomic E-state index is 11.7. The van der Waals surface area contributed by atoms with Crippen molar-refractivity contribution in [3.63, 3.8) is 0 Å². The molecule has 2 heterocycles. The van der Waals surface area contributed by atoms with E-state index in [1.165, 1.54) is 7.11 Å². The molecule has 0 radical (unpaired) electrons. The van der Waals surface area contributed by atoms with Gasteiger partial charge in [0.05, 0.1) is 0 Å². The van der Waals surface area contributed by atoms with Crippen molar-refractivity contribution in [1.29, 1.82) is 0 Å². The van der Waals surface area contributed by atoms with Gasteiger partial charge in [0.2, 0.25) is 5.91 Å². The van der Waals surface area contributed by atoms with Crippen molar-refractivity contribution in [2.24, 2.45) is 0 Å². The predicted molar refractivity (Wildman–Crippen MR) is 72.2 cm³/mol. The highest BCUT2D eigenvalue weighted by Crippen LogP contribution is 2.26. The van der Waals surface area contributed by atoms with Gasteiger partial charge in [0.1, 0.15) is 6.61 Å². The van der Waals surface area contributed by atoms with Gasteiger partial charge >= 0.3 is 0 Å². The van der Waals surface area contributed by atoms with Gasteiger partial charge in [-0.25, -0.2) is 0 Å². The van der Waals surface area contributed by atoms with E-state index in [1.54, 1.807) is 12.1 Å². The third-order valence-corrected chi connectivity index (χ3v) is 3.55. The zero-order valence-electron chi connectivity index (χ0n) is 11.4. The summed E-state index contributed by atoms with van der Waals surface area (Å²) in [4.78, 5) is 28.3.